The molecule has 0 aromatic heterocycles. The Kier molecular flexibility index (Phi) is 4.63. The molecule has 0 aliphatic heterocycles. The minimum absolute atomic E-state index is 0.359. The van der Waals surface area contributed by atoms with Gasteiger partial charge in [0.1, 0.15) is 5.75 Å². The summed E-state index contributed by atoms with van der Waals surface area (Å²) in [6.45, 7) is 4.08. The summed E-state index contributed by atoms with van der Waals surface area (Å²) in [5.41, 5.74) is 1.10. The fourth-order valence-corrected chi connectivity index (χ4v) is 2.13. The number of hydrogen-bond acceptors (Lipinski definition) is 2. The molecule has 1 aromatic rings. The molecular formula is C15H20O2. The second kappa shape index (κ2) is 6.45. The Balaban J connectivity index is 1.71. The lowest BCUT2D eigenvalue weighted by atomic mass is 9.98. The van der Waals surface area contributed by atoms with Crippen LogP contribution in [0.1, 0.15) is 37.7 Å². The van der Waals surface area contributed by atoms with Gasteiger partial charge in [0.25, 0.3) is 0 Å². The minimum Gasteiger partial charge on any atom is -0.468 e. The van der Waals surface area contributed by atoms with Gasteiger partial charge in [0.05, 0.1) is 6.10 Å². The zero-order valence-corrected chi connectivity index (χ0v) is 10.2. The third-order valence-electron chi connectivity index (χ3n) is 3.20. The molecule has 0 heterocycles. The highest BCUT2D eigenvalue weighted by Crippen LogP contribution is 2.20. The maximum absolute atomic E-state index is 5.70. The monoisotopic (exact) mass is 232 g/mol. The third kappa shape index (κ3) is 3.90. The Labute approximate surface area is 103 Å². The average molecular weight is 232 g/mol. The predicted octanol–water partition coefficient (Wildman–Crippen LogP) is 4.02. The summed E-state index contributed by atoms with van der Waals surface area (Å²) in [6, 6.07) is 7.87. The summed E-state index contributed by atoms with van der Waals surface area (Å²) >= 11 is 0. The van der Waals surface area contributed by atoms with Crippen LogP contribution in [0, 0.1) is 0 Å². The molecule has 0 spiro atoms. The number of benzene rings is 1. The Hall–Kier alpha value is -1.28. The van der Waals surface area contributed by atoms with Gasteiger partial charge in [-0.05, 0) is 30.5 Å². The first kappa shape index (κ1) is 12.2. The lowest BCUT2D eigenvalue weighted by molar-refractivity contribution is -0.0496. The van der Waals surface area contributed by atoms with Gasteiger partial charge in [0.2, 0.25) is 0 Å². The quantitative estimate of drug-likeness (QED) is 0.714. The fraction of sp³-hybridized carbons (Fsp3) is 0.467. The Bertz CT molecular complexity index is 336. The predicted molar refractivity (Wildman–Crippen MR) is 70.0 cm³/mol. The van der Waals surface area contributed by atoms with Crippen LogP contribution >= 0.6 is 0 Å². The van der Waals surface area contributed by atoms with Crippen LogP contribution in [-0.4, -0.2) is 12.9 Å². The number of ether oxygens (including phenoxy) is 2. The van der Waals surface area contributed by atoms with Crippen LogP contribution in [0.4, 0.5) is 0 Å². The van der Waals surface area contributed by atoms with Crippen molar-refractivity contribution in [1.82, 2.24) is 0 Å². The molecule has 92 valence electrons. The summed E-state index contributed by atoms with van der Waals surface area (Å²) in [7, 11) is 0. The first-order valence-electron chi connectivity index (χ1n) is 6.35. The zero-order valence-electron chi connectivity index (χ0n) is 10.2. The molecule has 1 aliphatic carbocycles. The summed E-state index contributed by atoms with van der Waals surface area (Å²) in [5, 5.41) is 0. The number of hydrogen-bond donors (Lipinski definition) is 0. The van der Waals surface area contributed by atoms with Crippen molar-refractivity contribution in [2.75, 3.05) is 6.79 Å². The average Bonchev–Trinajstić information content (AvgIpc) is 2.41. The van der Waals surface area contributed by atoms with Crippen LogP contribution < -0.4 is 4.74 Å². The van der Waals surface area contributed by atoms with Crippen LogP contribution in [0.25, 0.3) is 6.08 Å². The van der Waals surface area contributed by atoms with E-state index in [4.69, 9.17) is 9.47 Å². The molecule has 0 radical (unpaired) electrons. The van der Waals surface area contributed by atoms with Crippen molar-refractivity contribution in [2.24, 2.45) is 0 Å². The summed E-state index contributed by atoms with van der Waals surface area (Å²) in [6.07, 6.45) is 8.51. The van der Waals surface area contributed by atoms with Gasteiger partial charge in [-0.1, -0.05) is 44.1 Å². The van der Waals surface area contributed by atoms with Crippen LogP contribution in [0.2, 0.25) is 0 Å². The third-order valence-corrected chi connectivity index (χ3v) is 3.20. The lowest BCUT2D eigenvalue weighted by Gasteiger charge is -2.21. The van der Waals surface area contributed by atoms with Crippen molar-refractivity contribution >= 4 is 6.08 Å². The number of rotatable bonds is 5. The minimum atomic E-state index is 0.359. The highest BCUT2D eigenvalue weighted by molar-refractivity contribution is 5.48. The molecule has 0 atom stereocenters. The van der Waals surface area contributed by atoms with E-state index in [1.54, 1.807) is 0 Å². The topological polar surface area (TPSA) is 18.5 Å². The maximum Gasteiger partial charge on any atom is 0.189 e. The van der Waals surface area contributed by atoms with Crippen LogP contribution in [-0.2, 0) is 4.74 Å². The molecule has 0 unspecified atom stereocenters. The Morgan fingerprint density at radius 1 is 1.12 bits per heavy atom. The molecule has 1 aromatic carbocycles. The van der Waals surface area contributed by atoms with Crippen molar-refractivity contribution in [2.45, 2.75) is 38.2 Å². The van der Waals surface area contributed by atoms with Crippen molar-refractivity contribution in [1.29, 1.82) is 0 Å². The highest BCUT2D eigenvalue weighted by Gasteiger charge is 2.13. The molecule has 1 aliphatic rings. The zero-order chi connectivity index (χ0) is 11.9. The van der Waals surface area contributed by atoms with Gasteiger partial charge in [-0.25, -0.2) is 0 Å². The molecular weight excluding hydrogens is 212 g/mol. The van der Waals surface area contributed by atoms with Gasteiger partial charge in [0, 0.05) is 0 Å². The van der Waals surface area contributed by atoms with Crippen LogP contribution in [0.5, 0.6) is 5.75 Å². The maximum atomic E-state index is 5.70. The smallest absolute Gasteiger partial charge is 0.189 e. The van der Waals surface area contributed by atoms with E-state index in [2.05, 4.69) is 6.58 Å². The fourth-order valence-electron chi connectivity index (χ4n) is 2.13. The summed E-state index contributed by atoms with van der Waals surface area (Å²) in [4.78, 5) is 0. The molecule has 2 heteroatoms. The molecule has 0 amide bonds. The van der Waals surface area contributed by atoms with Crippen LogP contribution in [0.15, 0.2) is 30.8 Å². The van der Waals surface area contributed by atoms with E-state index in [1.165, 1.54) is 32.1 Å². The van der Waals surface area contributed by atoms with E-state index in [9.17, 15) is 0 Å². The van der Waals surface area contributed by atoms with E-state index in [0.717, 1.165) is 11.3 Å². The second-order valence-corrected chi connectivity index (χ2v) is 4.46. The molecule has 17 heavy (non-hydrogen) atoms. The SMILES string of the molecule is C=Cc1ccc(OCOC2CCCCC2)cc1. The van der Waals surface area contributed by atoms with Crippen molar-refractivity contribution < 1.29 is 9.47 Å². The molecule has 0 N–H and O–H groups in total. The second-order valence-electron chi connectivity index (χ2n) is 4.46. The van der Waals surface area contributed by atoms with E-state index < -0.39 is 0 Å². The molecule has 2 nitrogen and oxygen atoms in total. The van der Waals surface area contributed by atoms with Crippen LogP contribution in [0.3, 0.4) is 0 Å². The molecule has 0 bridgehead atoms. The molecule has 0 saturated heterocycles. The van der Waals surface area contributed by atoms with E-state index in [0.29, 0.717) is 12.9 Å². The van der Waals surface area contributed by atoms with Gasteiger partial charge in [-0.2, -0.15) is 0 Å². The van der Waals surface area contributed by atoms with E-state index >= 15 is 0 Å². The molecule has 1 saturated carbocycles. The first-order valence-corrected chi connectivity index (χ1v) is 6.35. The van der Waals surface area contributed by atoms with Crippen molar-refractivity contribution in [3.05, 3.63) is 36.4 Å². The highest BCUT2D eigenvalue weighted by atomic mass is 16.7. The Morgan fingerprint density at radius 3 is 2.47 bits per heavy atom. The largest absolute Gasteiger partial charge is 0.468 e. The summed E-state index contributed by atoms with van der Waals surface area (Å²) < 4.78 is 11.3. The normalized spacial score (nSPS) is 16.7. The molecule has 2 rings (SSSR count). The van der Waals surface area contributed by atoms with Gasteiger partial charge in [0.15, 0.2) is 6.79 Å². The Morgan fingerprint density at radius 2 is 1.82 bits per heavy atom. The van der Waals surface area contributed by atoms with Crippen molar-refractivity contribution in [3.8, 4) is 5.75 Å². The van der Waals surface area contributed by atoms with Gasteiger partial charge < -0.3 is 9.47 Å². The van der Waals surface area contributed by atoms with Gasteiger partial charge >= 0.3 is 0 Å². The standard InChI is InChI=1S/C15H20O2/c1-2-13-8-10-15(11-9-13)17-12-16-14-6-4-3-5-7-14/h2,8-11,14H,1,3-7,12H2. The van der Waals surface area contributed by atoms with E-state index in [1.807, 2.05) is 30.3 Å². The van der Waals surface area contributed by atoms with Crippen molar-refractivity contribution in [3.63, 3.8) is 0 Å². The first-order chi connectivity index (χ1) is 8.38. The summed E-state index contributed by atoms with van der Waals surface area (Å²) in [5.74, 6) is 0.853. The van der Waals surface area contributed by atoms with E-state index in [-0.39, 0.29) is 0 Å². The van der Waals surface area contributed by atoms with Gasteiger partial charge in [-0.15, -0.1) is 0 Å². The van der Waals surface area contributed by atoms with Gasteiger partial charge in [-0.3, -0.25) is 0 Å². The molecule has 1 fully saturated rings. The lowest BCUT2D eigenvalue weighted by Crippen LogP contribution is -2.19.